The van der Waals surface area contributed by atoms with Gasteiger partial charge in [-0.25, -0.2) is 13.1 Å². The lowest BCUT2D eigenvalue weighted by molar-refractivity contribution is -0.119. The lowest BCUT2D eigenvalue weighted by atomic mass is 9.99. The Hall–Kier alpha value is -1.89. The molecule has 1 amide bonds. The van der Waals surface area contributed by atoms with Crippen molar-refractivity contribution in [2.45, 2.75) is 23.8 Å². The fourth-order valence-corrected chi connectivity index (χ4v) is 3.87. The first-order valence-corrected chi connectivity index (χ1v) is 9.41. The van der Waals surface area contributed by atoms with E-state index in [0.717, 1.165) is 11.1 Å². The van der Waals surface area contributed by atoms with Gasteiger partial charge in [-0.05, 0) is 29.3 Å². The van der Waals surface area contributed by atoms with Crippen LogP contribution in [0.2, 0.25) is 5.02 Å². The van der Waals surface area contributed by atoms with Gasteiger partial charge in [-0.2, -0.15) is 0 Å². The summed E-state index contributed by atoms with van der Waals surface area (Å²) in [6.07, 6.45) is 0.441. The summed E-state index contributed by atoms with van der Waals surface area (Å²) in [4.78, 5) is 11.5. The highest BCUT2D eigenvalue weighted by Crippen LogP contribution is 2.24. The maximum absolute atomic E-state index is 12.4. The molecule has 24 heavy (non-hydrogen) atoms. The van der Waals surface area contributed by atoms with E-state index in [4.69, 9.17) is 11.6 Å². The predicted molar refractivity (Wildman–Crippen MR) is 92.3 cm³/mol. The van der Waals surface area contributed by atoms with E-state index in [1.165, 1.54) is 0 Å². The van der Waals surface area contributed by atoms with Crippen molar-refractivity contribution in [3.8, 4) is 0 Å². The quantitative estimate of drug-likeness (QED) is 0.855. The molecule has 1 heterocycles. The number of hydrogen-bond donors (Lipinski definition) is 2. The van der Waals surface area contributed by atoms with Crippen molar-refractivity contribution < 1.29 is 13.2 Å². The van der Waals surface area contributed by atoms with Crippen LogP contribution in [0.5, 0.6) is 0 Å². The van der Waals surface area contributed by atoms with Gasteiger partial charge in [0.15, 0.2) is 0 Å². The van der Waals surface area contributed by atoms with E-state index < -0.39 is 10.0 Å². The smallest absolute Gasteiger partial charge is 0.240 e. The number of hydrogen-bond acceptors (Lipinski definition) is 3. The van der Waals surface area contributed by atoms with Crippen LogP contribution < -0.4 is 10.0 Å². The molecule has 126 valence electrons. The Balaban J connectivity index is 1.70. The van der Waals surface area contributed by atoms with Crippen molar-refractivity contribution in [1.82, 2.24) is 10.0 Å². The van der Waals surface area contributed by atoms with Crippen LogP contribution in [0, 0.1) is 0 Å². The molecule has 1 aliphatic rings. The first kappa shape index (κ1) is 17.0. The highest BCUT2D eigenvalue weighted by Gasteiger charge is 2.23. The van der Waals surface area contributed by atoms with Crippen LogP contribution in [-0.4, -0.2) is 20.9 Å². The molecule has 2 aromatic rings. The minimum atomic E-state index is -3.62. The molecule has 0 saturated carbocycles. The fraction of sp³-hybridized carbons (Fsp3) is 0.235. The van der Waals surface area contributed by atoms with Crippen LogP contribution in [0.15, 0.2) is 53.4 Å². The summed E-state index contributed by atoms with van der Waals surface area (Å²) >= 11 is 6.04. The lowest BCUT2D eigenvalue weighted by Crippen LogP contribution is -2.23. The summed E-state index contributed by atoms with van der Waals surface area (Å²) in [5.74, 6) is 0.128. The van der Waals surface area contributed by atoms with Gasteiger partial charge in [0.1, 0.15) is 0 Å². The van der Waals surface area contributed by atoms with Gasteiger partial charge in [0.2, 0.25) is 15.9 Å². The second-order valence-electron chi connectivity index (χ2n) is 5.69. The third kappa shape index (κ3) is 3.77. The average Bonchev–Trinajstić information content (AvgIpc) is 3.01. The number of amides is 1. The number of halogens is 1. The van der Waals surface area contributed by atoms with Gasteiger partial charge in [-0.1, -0.05) is 41.9 Å². The molecule has 0 spiro atoms. The van der Waals surface area contributed by atoms with Gasteiger partial charge in [0.25, 0.3) is 0 Å². The maximum Gasteiger partial charge on any atom is 0.240 e. The Morgan fingerprint density at radius 1 is 1.12 bits per heavy atom. The van der Waals surface area contributed by atoms with Gasteiger partial charge in [-0.3, -0.25) is 4.79 Å². The van der Waals surface area contributed by atoms with E-state index in [9.17, 15) is 13.2 Å². The highest BCUT2D eigenvalue weighted by molar-refractivity contribution is 7.89. The molecule has 7 heteroatoms. The monoisotopic (exact) mass is 364 g/mol. The van der Waals surface area contributed by atoms with E-state index >= 15 is 0 Å². The maximum atomic E-state index is 12.4. The van der Waals surface area contributed by atoms with Crippen LogP contribution in [0.3, 0.4) is 0 Å². The summed E-state index contributed by atoms with van der Waals surface area (Å²) in [6, 6.07) is 13.7. The van der Waals surface area contributed by atoms with Crippen molar-refractivity contribution in [2.24, 2.45) is 0 Å². The summed E-state index contributed by atoms with van der Waals surface area (Å²) < 4.78 is 27.3. The van der Waals surface area contributed by atoms with Gasteiger partial charge < -0.3 is 5.32 Å². The topological polar surface area (TPSA) is 75.3 Å². The van der Waals surface area contributed by atoms with Gasteiger partial charge in [-0.15, -0.1) is 0 Å². The Bertz CT molecular complexity index is 850. The van der Waals surface area contributed by atoms with Crippen molar-refractivity contribution >= 4 is 27.5 Å². The number of sulfonamides is 1. The zero-order valence-electron chi connectivity index (χ0n) is 12.8. The van der Waals surface area contributed by atoms with E-state index in [1.807, 2.05) is 0 Å². The fourth-order valence-electron chi connectivity index (χ4n) is 2.66. The summed E-state index contributed by atoms with van der Waals surface area (Å²) in [5, 5.41) is 3.30. The zero-order valence-corrected chi connectivity index (χ0v) is 14.4. The number of rotatable bonds is 5. The van der Waals surface area contributed by atoms with Gasteiger partial charge in [0, 0.05) is 30.5 Å². The van der Waals surface area contributed by atoms with E-state index in [2.05, 4.69) is 10.0 Å². The lowest BCUT2D eigenvalue weighted by Gasteiger charge is -2.11. The summed E-state index contributed by atoms with van der Waals surface area (Å²) in [5.41, 5.74) is 1.67. The molecule has 0 aromatic heterocycles. The summed E-state index contributed by atoms with van der Waals surface area (Å²) in [6.45, 7) is 0.723. The van der Waals surface area contributed by atoms with E-state index in [0.29, 0.717) is 18.0 Å². The van der Waals surface area contributed by atoms with Crippen molar-refractivity contribution in [1.29, 1.82) is 0 Å². The van der Waals surface area contributed by atoms with Crippen molar-refractivity contribution in [3.63, 3.8) is 0 Å². The van der Waals surface area contributed by atoms with E-state index in [-0.39, 0.29) is 23.3 Å². The van der Waals surface area contributed by atoms with Crippen LogP contribution in [0.1, 0.15) is 23.5 Å². The Morgan fingerprint density at radius 3 is 2.46 bits per heavy atom. The minimum absolute atomic E-state index is 0.0260. The van der Waals surface area contributed by atoms with Crippen LogP contribution in [0.4, 0.5) is 0 Å². The minimum Gasteiger partial charge on any atom is -0.355 e. The van der Waals surface area contributed by atoms with Crippen molar-refractivity contribution in [2.75, 3.05) is 6.54 Å². The first-order chi connectivity index (χ1) is 11.5. The second kappa shape index (κ2) is 6.93. The number of carbonyl (C=O) groups excluding carboxylic acids is 1. The Morgan fingerprint density at radius 2 is 1.83 bits per heavy atom. The Labute approximate surface area is 146 Å². The second-order valence-corrected chi connectivity index (χ2v) is 7.86. The molecule has 1 unspecified atom stereocenters. The first-order valence-electron chi connectivity index (χ1n) is 7.55. The molecule has 0 radical (unpaired) electrons. The van der Waals surface area contributed by atoms with Crippen LogP contribution in [-0.2, 0) is 21.4 Å². The predicted octanol–water partition coefficient (Wildman–Crippen LogP) is 2.42. The largest absolute Gasteiger partial charge is 0.355 e. The molecular formula is C17H17ClN2O3S. The van der Waals surface area contributed by atoms with E-state index in [1.54, 1.807) is 48.5 Å². The summed E-state index contributed by atoms with van der Waals surface area (Å²) in [7, 11) is -3.62. The molecule has 1 fully saturated rings. The van der Waals surface area contributed by atoms with Crippen LogP contribution in [0.25, 0.3) is 0 Å². The molecule has 5 nitrogen and oxygen atoms in total. The normalized spacial score (nSPS) is 17.7. The third-order valence-electron chi connectivity index (χ3n) is 4.05. The SMILES string of the molecule is O=C1CC(c2ccc(S(=O)(=O)NCc3ccccc3Cl)cc2)CN1. The molecular weight excluding hydrogens is 348 g/mol. The van der Waals surface area contributed by atoms with Crippen LogP contribution >= 0.6 is 11.6 Å². The highest BCUT2D eigenvalue weighted by atomic mass is 35.5. The molecule has 0 aliphatic carbocycles. The molecule has 1 atom stereocenters. The average molecular weight is 365 g/mol. The third-order valence-corrected chi connectivity index (χ3v) is 5.84. The molecule has 2 N–H and O–H groups in total. The standard InChI is InChI=1S/C17H17ClN2O3S/c18-16-4-2-1-3-13(16)11-20-24(22,23)15-7-5-12(6-8-15)14-9-17(21)19-10-14/h1-8,14,20H,9-11H2,(H,19,21). The Kier molecular flexibility index (Phi) is 4.89. The van der Waals surface area contributed by atoms with Crippen molar-refractivity contribution in [3.05, 3.63) is 64.7 Å². The number of nitrogens with one attached hydrogen (secondary N) is 2. The number of benzene rings is 2. The molecule has 1 aliphatic heterocycles. The molecule has 2 aromatic carbocycles. The molecule has 1 saturated heterocycles. The zero-order chi connectivity index (χ0) is 17.2. The molecule has 0 bridgehead atoms. The number of carbonyl (C=O) groups is 1. The molecule has 3 rings (SSSR count). The van der Waals surface area contributed by atoms with Gasteiger partial charge >= 0.3 is 0 Å². The van der Waals surface area contributed by atoms with Gasteiger partial charge in [0.05, 0.1) is 4.90 Å².